The maximum atomic E-state index is 12.6. The summed E-state index contributed by atoms with van der Waals surface area (Å²) in [6, 6.07) is 6.23. The highest BCUT2D eigenvalue weighted by atomic mass is 32.2. The number of carbonyl (C=O) groups excluding carboxylic acids is 1. The first-order chi connectivity index (χ1) is 12.8. The average molecular weight is 391 g/mol. The summed E-state index contributed by atoms with van der Waals surface area (Å²) in [5, 5.41) is 2.95. The van der Waals surface area contributed by atoms with Crippen molar-refractivity contribution in [2.24, 2.45) is 4.99 Å². The molecule has 2 aromatic rings. The summed E-state index contributed by atoms with van der Waals surface area (Å²) in [6.07, 6.45) is 1.85. The molecule has 1 aliphatic heterocycles. The average Bonchev–Trinajstić information content (AvgIpc) is 3.12. The van der Waals surface area contributed by atoms with E-state index in [0.717, 1.165) is 0 Å². The predicted molar refractivity (Wildman–Crippen MR) is 102 cm³/mol. The molecule has 1 saturated heterocycles. The number of hydrogen-bond acceptors (Lipinski definition) is 6. The molecule has 27 heavy (non-hydrogen) atoms. The van der Waals surface area contributed by atoms with Crippen LogP contribution in [0.2, 0.25) is 0 Å². The van der Waals surface area contributed by atoms with Crippen LogP contribution in [0.5, 0.6) is 0 Å². The van der Waals surface area contributed by atoms with Gasteiger partial charge in [0.05, 0.1) is 41.0 Å². The van der Waals surface area contributed by atoms with E-state index in [1.807, 2.05) is 0 Å². The van der Waals surface area contributed by atoms with E-state index in [9.17, 15) is 18.0 Å². The van der Waals surface area contributed by atoms with Gasteiger partial charge in [0.25, 0.3) is 5.56 Å². The fraction of sp³-hybridized carbons (Fsp3) is 0.389. The zero-order chi connectivity index (χ0) is 19.6. The van der Waals surface area contributed by atoms with E-state index in [4.69, 9.17) is 4.74 Å². The molecule has 1 atom stereocenters. The maximum Gasteiger partial charge on any atom is 0.338 e. The highest BCUT2D eigenvalue weighted by Gasteiger charge is 2.31. The van der Waals surface area contributed by atoms with Crippen LogP contribution in [-0.2, 0) is 14.6 Å². The van der Waals surface area contributed by atoms with Crippen LogP contribution >= 0.6 is 0 Å². The van der Waals surface area contributed by atoms with E-state index in [2.05, 4.69) is 10.1 Å². The van der Waals surface area contributed by atoms with Gasteiger partial charge in [0.1, 0.15) is 0 Å². The van der Waals surface area contributed by atoms with Crippen molar-refractivity contribution in [3.8, 4) is 0 Å². The SMILES string of the molecule is CCOC(=O)c1cccc(N=Cc2c(C)[nH]n([C@H]3CCS(=O)(=O)C3)c2=O)c1. The molecule has 0 bridgehead atoms. The molecule has 0 radical (unpaired) electrons. The molecule has 2 heterocycles. The number of hydrogen-bond donors (Lipinski definition) is 1. The summed E-state index contributed by atoms with van der Waals surface area (Å²) in [7, 11) is -3.09. The Hall–Kier alpha value is -2.68. The van der Waals surface area contributed by atoms with Gasteiger partial charge in [-0.25, -0.2) is 17.9 Å². The quantitative estimate of drug-likeness (QED) is 0.617. The predicted octanol–water partition coefficient (Wildman–Crippen LogP) is 1.77. The molecule has 1 aromatic carbocycles. The molecule has 1 aromatic heterocycles. The molecular weight excluding hydrogens is 370 g/mol. The third-order valence-electron chi connectivity index (χ3n) is 4.41. The second kappa shape index (κ2) is 7.51. The van der Waals surface area contributed by atoms with E-state index >= 15 is 0 Å². The summed E-state index contributed by atoms with van der Waals surface area (Å²) >= 11 is 0. The minimum absolute atomic E-state index is 0.0367. The lowest BCUT2D eigenvalue weighted by atomic mass is 10.2. The van der Waals surface area contributed by atoms with E-state index in [0.29, 0.717) is 28.9 Å². The number of ether oxygens (including phenoxy) is 1. The lowest BCUT2D eigenvalue weighted by molar-refractivity contribution is 0.0526. The van der Waals surface area contributed by atoms with Crippen molar-refractivity contribution >= 4 is 27.7 Å². The Kier molecular flexibility index (Phi) is 5.31. The van der Waals surface area contributed by atoms with Crippen LogP contribution in [0, 0.1) is 6.92 Å². The second-order valence-corrected chi connectivity index (χ2v) is 8.64. The molecule has 8 nitrogen and oxygen atoms in total. The fourth-order valence-corrected chi connectivity index (χ4v) is 4.74. The largest absolute Gasteiger partial charge is 0.462 e. The van der Waals surface area contributed by atoms with Crippen LogP contribution < -0.4 is 5.56 Å². The van der Waals surface area contributed by atoms with Gasteiger partial charge in [0.2, 0.25) is 0 Å². The van der Waals surface area contributed by atoms with Crippen LogP contribution in [0.3, 0.4) is 0 Å². The number of carbonyl (C=O) groups is 1. The summed E-state index contributed by atoms with van der Waals surface area (Å²) in [5.74, 6) is -0.380. The summed E-state index contributed by atoms with van der Waals surface area (Å²) in [6.45, 7) is 3.75. The monoisotopic (exact) mass is 391 g/mol. The van der Waals surface area contributed by atoms with Gasteiger partial charge in [0, 0.05) is 11.9 Å². The van der Waals surface area contributed by atoms with Crippen molar-refractivity contribution in [3.63, 3.8) is 0 Å². The lowest BCUT2D eigenvalue weighted by Crippen LogP contribution is -2.25. The van der Waals surface area contributed by atoms with E-state index in [1.54, 1.807) is 38.1 Å². The zero-order valence-electron chi connectivity index (χ0n) is 15.1. The standard InChI is InChI=1S/C18H21N3O5S/c1-3-26-18(23)13-5-4-6-14(9-13)19-10-16-12(2)20-21(17(16)22)15-7-8-27(24,25)11-15/h4-6,9-10,15,20H,3,7-8,11H2,1-2H3/t15-/m0/s1. The van der Waals surface area contributed by atoms with Gasteiger partial charge in [-0.05, 0) is 38.5 Å². The smallest absolute Gasteiger partial charge is 0.338 e. The van der Waals surface area contributed by atoms with Crippen molar-refractivity contribution in [1.29, 1.82) is 0 Å². The van der Waals surface area contributed by atoms with Crippen molar-refractivity contribution < 1.29 is 17.9 Å². The first kappa shape index (κ1) is 19.1. The molecule has 0 saturated carbocycles. The van der Waals surface area contributed by atoms with Gasteiger partial charge in [-0.1, -0.05) is 6.07 Å². The number of aromatic amines is 1. The molecule has 9 heteroatoms. The topological polar surface area (TPSA) is 111 Å². The number of H-pyrrole nitrogens is 1. The lowest BCUT2D eigenvalue weighted by Gasteiger charge is -2.07. The Labute approximate surface area is 156 Å². The summed E-state index contributed by atoms with van der Waals surface area (Å²) in [5.41, 5.74) is 1.55. The number of aliphatic imine (C=N–C) groups is 1. The third kappa shape index (κ3) is 4.19. The van der Waals surface area contributed by atoms with Crippen molar-refractivity contribution in [2.45, 2.75) is 26.3 Å². The van der Waals surface area contributed by atoms with Crippen LogP contribution in [0.1, 0.15) is 41.0 Å². The highest BCUT2D eigenvalue weighted by Crippen LogP contribution is 2.22. The number of aryl methyl sites for hydroxylation is 1. The van der Waals surface area contributed by atoms with Crippen LogP contribution in [-0.4, -0.2) is 48.5 Å². The Balaban J connectivity index is 1.85. The number of rotatable bonds is 5. The number of esters is 1. The number of aromatic nitrogens is 2. The molecular formula is C18H21N3O5S. The molecule has 0 amide bonds. The molecule has 1 N–H and O–H groups in total. The molecule has 1 fully saturated rings. The summed E-state index contributed by atoms with van der Waals surface area (Å²) < 4.78 is 29.7. The first-order valence-electron chi connectivity index (χ1n) is 8.63. The minimum atomic E-state index is -3.09. The third-order valence-corrected chi connectivity index (χ3v) is 6.17. The maximum absolute atomic E-state index is 12.6. The molecule has 1 aliphatic rings. The van der Waals surface area contributed by atoms with E-state index in [1.165, 1.54) is 10.9 Å². The number of sulfone groups is 1. The number of nitrogens with zero attached hydrogens (tertiary/aromatic N) is 2. The summed E-state index contributed by atoms with van der Waals surface area (Å²) in [4.78, 5) is 28.7. The minimum Gasteiger partial charge on any atom is -0.462 e. The van der Waals surface area contributed by atoms with Crippen molar-refractivity contribution in [1.82, 2.24) is 9.78 Å². The number of benzene rings is 1. The Bertz CT molecular complexity index is 1050. The van der Waals surface area contributed by atoms with Gasteiger partial charge >= 0.3 is 5.97 Å². The highest BCUT2D eigenvalue weighted by molar-refractivity contribution is 7.91. The molecule has 3 rings (SSSR count). The Morgan fingerprint density at radius 2 is 2.22 bits per heavy atom. The van der Waals surface area contributed by atoms with E-state index in [-0.39, 0.29) is 29.7 Å². The molecule has 0 spiro atoms. The van der Waals surface area contributed by atoms with Gasteiger partial charge in [-0.3, -0.25) is 14.9 Å². The molecule has 0 unspecified atom stereocenters. The van der Waals surface area contributed by atoms with Gasteiger partial charge in [0.15, 0.2) is 9.84 Å². The van der Waals surface area contributed by atoms with Crippen molar-refractivity contribution in [2.75, 3.05) is 18.1 Å². The van der Waals surface area contributed by atoms with Gasteiger partial charge in [-0.2, -0.15) is 0 Å². The van der Waals surface area contributed by atoms with Crippen LogP contribution in [0.25, 0.3) is 0 Å². The molecule has 0 aliphatic carbocycles. The zero-order valence-corrected chi connectivity index (χ0v) is 16.0. The fourth-order valence-electron chi connectivity index (χ4n) is 3.04. The van der Waals surface area contributed by atoms with Crippen molar-refractivity contribution in [3.05, 3.63) is 51.4 Å². The first-order valence-corrected chi connectivity index (χ1v) is 10.5. The van der Waals surface area contributed by atoms with Crippen LogP contribution in [0.4, 0.5) is 5.69 Å². The van der Waals surface area contributed by atoms with Crippen LogP contribution in [0.15, 0.2) is 34.1 Å². The van der Waals surface area contributed by atoms with Gasteiger partial charge in [-0.15, -0.1) is 0 Å². The van der Waals surface area contributed by atoms with Gasteiger partial charge < -0.3 is 4.74 Å². The molecule has 144 valence electrons. The number of nitrogens with one attached hydrogen (secondary N) is 1. The Morgan fingerprint density at radius 3 is 2.89 bits per heavy atom. The Morgan fingerprint density at radius 1 is 1.44 bits per heavy atom. The second-order valence-electron chi connectivity index (χ2n) is 6.41. The van der Waals surface area contributed by atoms with E-state index < -0.39 is 15.8 Å². The normalized spacial score (nSPS) is 18.8.